The van der Waals surface area contributed by atoms with Crippen molar-refractivity contribution in [2.24, 2.45) is 5.73 Å². The van der Waals surface area contributed by atoms with E-state index in [2.05, 4.69) is 0 Å². The van der Waals surface area contributed by atoms with E-state index in [1.807, 2.05) is 54.6 Å². The minimum Gasteiger partial charge on any atom is -0.481 e. The standard InChI is InChI=1S/C16H17NO3/c17-15(11-16(18)19)12-5-4-8-14(10-9-12)20-13-6-2-1-3-7-13/h1-3,5-10,15H,4,11,17H2,(H,18,19). The smallest absolute Gasteiger partial charge is 0.305 e. The van der Waals surface area contributed by atoms with Crippen LogP contribution in [0, 0.1) is 0 Å². The van der Waals surface area contributed by atoms with Gasteiger partial charge in [-0.1, -0.05) is 30.4 Å². The van der Waals surface area contributed by atoms with Gasteiger partial charge in [-0.3, -0.25) is 4.79 Å². The van der Waals surface area contributed by atoms with E-state index in [9.17, 15) is 4.79 Å². The van der Waals surface area contributed by atoms with Crippen molar-refractivity contribution < 1.29 is 14.6 Å². The lowest BCUT2D eigenvalue weighted by atomic mass is 10.0. The Kier molecular flexibility index (Phi) is 4.74. The van der Waals surface area contributed by atoms with Crippen LogP contribution in [0.15, 0.2) is 66.0 Å². The summed E-state index contributed by atoms with van der Waals surface area (Å²) in [7, 11) is 0. The fraction of sp³-hybridized carbons (Fsp3) is 0.188. The maximum atomic E-state index is 10.7. The zero-order valence-corrected chi connectivity index (χ0v) is 11.0. The van der Waals surface area contributed by atoms with Gasteiger partial charge in [-0.15, -0.1) is 0 Å². The van der Waals surface area contributed by atoms with E-state index in [4.69, 9.17) is 15.6 Å². The molecule has 1 aliphatic rings. The Hall–Kier alpha value is -2.33. The van der Waals surface area contributed by atoms with Crippen molar-refractivity contribution in [3.63, 3.8) is 0 Å². The number of nitrogens with two attached hydrogens (primary N) is 1. The molecule has 0 aliphatic heterocycles. The van der Waals surface area contributed by atoms with E-state index in [0.29, 0.717) is 6.42 Å². The molecule has 1 aromatic carbocycles. The van der Waals surface area contributed by atoms with Crippen molar-refractivity contribution in [2.45, 2.75) is 18.9 Å². The predicted octanol–water partition coefficient (Wildman–Crippen LogP) is 2.64. The zero-order valence-electron chi connectivity index (χ0n) is 11.0. The number of ether oxygens (including phenoxy) is 1. The largest absolute Gasteiger partial charge is 0.481 e. The molecule has 2 rings (SSSR count). The Morgan fingerprint density at radius 3 is 2.70 bits per heavy atom. The number of hydrogen-bond acceptors (Lipinski definition) is 3. The highest BCUT2D eigenvalue weighted by Crippen LogP contribution is 2.18. The second kappa shape index (κ2) is 6.73. The Bertz CT molecular complexity index is 558. The molecule has 0 spiro atoms. The van der Waals surface area contributed by atoms with Gasteiger partial charge in [0.2, 0.25) is 0 Å². The minimum absolute atomic E-state index is 0.0783. The molecule has 0 amide bonds. The first-order valence-corrected chi connectivity index (χ1v) is 6.44. The average Bonchev–Trinajstić information content (AvgIpc) is 2.65. The third-order valence-corrected chi connectivity index (χ3v) is 2.91. The van der Waals surface area contributed by atoms with Crippen LogP contribution in [0.1, 0.15) is 12.8 Å². The van der Waals surface area contributed by atoms with Crippen LogP contribution < -0.4 is 10.5 Å². The highest BCUT2D eigenvalue weighted by atomic mass is 16.5. The lowest BCUT2D eigenvalue weighted by Crippen LogP contribution is -2.25. The molecule has 0 heterocycles. The molecule has 0 saturated carbocycles. The molecule has 0 aromatic heterocycles. The molecule has 1 unspecified atom stereocenters. The van der Waals surface area contributed by atoms with Crippen LogP contribution >= 0.6 is 0 Å². The molecular formula is C16H17NO3. The number of carboxylic acid groups (broad SMARTS) is 1. The highest BCUT2D eigenvalue weighted by molar-refractivity contribution is 5.68. The third kappa shape index (κ3) is 4.10. The first kappa shape index (κ1) is 14.1. The quantitative estimate of drug-likeness (QED) is 0.863. The number of carbonyl (C=O) groups is 1. The Morgan fingerprint density at radius 1 is 1.25 bits per heavy atom. The second-order valence-corrected chi connectivity index (χ2v) is 4.50. The molecule has 3 N–H and O–H groups in total. The second-order valence-electron chi connectivity index (χ2n) is 4.50. The summed E-state index contributed by atoms with van der Waals surface area (Å²) in [4.78, 5) is 10.7. The van der Waals surface area contributed by atoms with E-state index in [-0.39, 0.29) is 6.42 Å². The molecule has 104 valence electrons. The first-order chi connectivity index (χ1) is 9.65. The summed E-state index contributed by atoms with van der Waals surface area (Å²) >= 11 is 0. The van der Waals surface area contributed by atoms with Crippen molar-refractivity contribution in [1.82, 2.24) is 0 Å². The zero-order chi connectivity index (χ0) is 14.4. The van der Waals surface area contributed by atoms with Gasteiger partial charge in [0.25, 0.3) is 0 Å². The topological polar surface area (TPSA) is 72.6 Å². The van der Waals surface area contributed by atoms with E-state index in [0.717, 1.165) is 17.1 Å². The van der Waals surface area contributed by atoms with Crippen LogP contribution in [-0.4, -0.2) is 17.1 Å². The van der Waals surface area contributed by atoms with E-state index < -0.39 is 12.0 Å². The normalized spacial score (nSPS) is 15.8. The number of benzene rings is 1. The van der Waals surface area contributed by atoms with Crippen LogP contribution in [0.3, 0.4) is 0 Å². The molecule has 4 nitrogen and oxygen atoms in total. The Morgan fingerprint density at radius 2 is 2.00 bits per heavy atom. The number of carboxylic acids is 1. The van der Waals surface area contributed by atoms with Gasteiger partial charge in [0.15, 0.2) is 0 Å². The van der Waals surface area contributed by atoms with Gasteiger partial charge in [-0.25, -0.2) is 0 Å². The number of rotatable bonds is 5. The monoisotopic (exact) mass is 271 g/mol. The minimum atomic E-state index is -0.898. The molecule has 0 saturated heterocycles. The van der Waals surface area contributed by atoms with Gasteiger partial charge in [0.05, 0.1) is 6.42 Å². The van der Waals surface area contributed by atoms with Gasteiger partial charge < -0.3 is 15.6 Å². The Balaban J connectivity index is 2.00. The van der Waals surface area contributed by atoms with Gasteiger partial charge in [-0.2, -0.15) is 0 Å². The summed E-state index contributed by atoms with van der Waals surface area (Å²) in [6.45, 7) is 0. The number of allylic oxidation sites excluding steroid dienone is 3. The molecule has 0 bridgehead atoms. The third-order valence-electron chi connectivity index (χ3n) is 2.91. The molecule has 1 aromatic rings. The Labute approximate surface area is 117 Å². The average molecular weight is 271 g/mol. The lowest BCUT2D eigenvalue weighted by Gasteiger charge is -2.09. The molecule has 1 aliphatic carbocycles. The molecule has 1 atom stereocenters. The molecule has 0 radical (unpaired) electrons. The molecule has 20 heavy (non-hydrogen) atoms. The van der Waals surface area contributed by atoms with Crippen molar-refractivity contribution in [3.8, 4) is 5.75 Å². The number of aliphatic carboxylic acids is 1. The summed E-state index contributed by atoms with van der Waals surface area (Å²) < 4.78 is 5.73. The predicted molar refractivity (Wildman–Crippen MR) is 77.2 cm³/mol. The van der Waals surface area contributed by atoms with Crippen LogP contribution in [0.5, 0.6) is 5.75 Å². The van der Waals surface area contributed by atoms with Gasteiger partial charge in [0, 0.05) is 6.04 Å². The van der Waals surface area contributed by atoms with Crippen molar-refractivity contribution in [3.05, 3.63) is 66.0 Å². The summed E-state index contributed by atoms with van der Waals surface area (Å²) in [5.41, 5.74) is 6.67. The summed E-state index contributed by atoms with van der Waals surface area (Å²) in [6, 6.07) is 9.00. The van der Waals surface area contributed by atoms with Crippen LogP contribution in [0.2, 0.25) is 0 Å². The van der Waals surface area contributed by atoms with Gasteiger partial charge >= 0.3 is 5.97 Å². The van der Waals surface area contributed by atoms with Crippen molar-refractivity contribution in [2.75, 3.05) is 0 Å². The van der Waals surface area contributed by atoms with Crippen LogP contribution in [0.25, 0.3) is 0 Å². The SMILES string of the molecule is NC(CC(=O)O)C1=CCC=C(Oc2ccccc2)C=C1. The fourth-order valence-electron chi connectivity index (χ4n) is 1.91. The highest BCUT2D eigenvalue weighted by Gasteiger charge is 2.12. The summed E-state index contributed by atoms with van der Waals surface area (Å²) in [5.74, 6) is 0.594. The fourth-order valence-corrected chi connectivity index (χ4v) is 1.91. The van der Waals surface area contributed by atoms with Crippen LogP contribution in [0.4, 0.5) is 0 Å². The maximum absolute atomic E-state index is 10.7. The van der Waals surface area contributed by atoms with Crippen molar-refractivity contribution >= 4 is 5.97 Å². The van der Waals surface area contributed by atoms with Gasteiger partial charge in [-0.05, 0) is 36.3 Å². The summed E-state index contributed by atoms with van der Waals surface area (Å²) in [6.07, 6.45) is 8.07. The van der Waals surface area contributed by atoms with Gasteiger partial charge in [0.1, 0.15) is 11.5 Å². The lowest BCUT2D eigenvalue weighted by molar-refractivity contribution is -0.137. The van der Waals surface area contributed by atoms with Crippen LogP contribution in [-0.2, 0) is 4.79 Å². The number of para-hydroxylation sites is 1. The molecule has 4 heteroatoms. The molecule has 0 fully saturated rings. The van der Waals surface area contributed by atoms with Crippen molar-refractivity contribution in [1.29, 1.82) is 0 Å². The van der Waals surface area contributed by atoms with E-state index >= 15 is 0 Å². The number of hydrogen-bond donors (Lipinski definition) is 2. The van der Waals surface area contributed by atoms with E-state index in [1.165, 1.54) is 0 Å². The summed E-state index contributed by atoms with van der Waals surface area (Å²) in [5, 5.41) is 8.76. The van der Waals surface area contributed by atoms with E-state index in [1.54, 1.807) is 0 Å². The maximum Gasteiger partial charge on any atom is 0.305 e. The first-order valence-electron chi connectivity index (χ1n) is 6.44. The molecular weight excluding hydrogens is 254 g/mol.